The summed E-state index contributed by atoms with van der Waals surface area (Å²) in [5.41, 5.74) is 9.05. The summed E-state index contributed by atoms with van der Waals surface area (Å²) in [5.74, 6) is -0.135. The van der Waals surface area contributed by atoms with E-state index < -0.39 is 6.04 Å². The smallest absolute Gasteiger partial charge is 0.282 e. The third-order valence-corrected chi connectivity index (χ3v) is 4.28. The number of rotatable bonds is 6. The molecule has 0 aliphatic carbocycles. The summed E-state index contributed by atoms with van der Waals surface area (Å²) >= 11 is 0. The van der Waals surface area contributed by atoms with Gasteiger partial charge < -0.3 is 10.5 Å². The van der Waals surface area contributed by atoms with Crippen molar-refractivity contribution >= 4 is 11.8 Å². The predicted octanol–water partition coefficient (Wildman–Crippen LogP) is 2.82. The Morgan fingerprint density at radius 1 is 1.21 bits per heavy atom. The van der Waals surface area contributed by atoms with Gasteiger partial charge >= 0.3 is 0 Å². The molecule has 2 aromatic heterocycles. The van der Waals surface area contributed by atoms with Crippen LogP contribution in [0.25, 0.3) is 0 Å². The van der Waals surface area contributed by atoms with E-state index in [0.717, 1.165) is 16.7 Å². The van der Waals surface area contributed by atoms with Crippen molar-refractivity contribution in [3.63, 3.8) is 0 Å². The molecule has 1 aromatic carbocycles. The predicted molar refractivity (Wildman–Crippen MR) is 108 cm³/mol. The van der Waals surface area contributed by atoms with E-state index in [1.807, 2.05) is 42.5 Å². The maximum atomic E-state index is 12.6. The number of amidine groups is 1. The first-order valence-corrected chi connectivity index (χ1v) is 8.86. The van der Waals surface area contributed by atoms with Crippen molar-refractivity contribution in [2.45, 2.75) is 12.5 Å². The number of Topliss-reactive ketones (excluding diaryl/α,β-unsaturated/α-hetero) is 1. The topological polar surface area (TPSA) is 114 Å². The Morgan fingerprint density at radius 2 is 2.03 bits per heavy atom. The van der Waals surface area contributed by atoms with Crippen molar-refractivity contribution in [1.82, 2.24) is 9.97 Å². The van der Waals surface area contributed by atoms with Gasteiger partial charge in [-0.15, -0.1) is 0 Å². The van der Waals surface area contributed by atoms with Crippen LogP contribution in [0.15, 0.2) is 72.1 Å². The summed E-state index contributed by atoms with van der Waals surface area (Å²) in [5, 5.41) is 8.85. The monoisotopic (exact) mass is 385 g/mol. The van der Waals surface area contributed by atoms with Crippen LogP contribution in [0, 0.1) is 11.3 Å². The third kappa shape index (κ3) is 5.02. The summed E-state index contributed by atoms with van der Waals surface area (Å²) in [4.78, 5) is 25.2. The maximum absolute atomic E-state index is 12.6. The van der Waals surface area contributed by atoms with Crippen molar-refractivity contribution < 1.29 is 9.53 Å². The molecular formula is C22H19N5O2. The Bertz CT molecular complexity index is 1060. The van der Waals surface area contributed by atoms with E-state index in [1.54, 1.807) is 24.5 Å². The molecule has 2 heterocycles. The number of ether oxygens (including phenoxy) is 1. The van der Waals surface area contributed by atoms with E-state index in [2.05, 4.69) is 15.0 Å². The van der Waals surface area contributed by atoms with E-state index in [9.17, 15) is 4.79 Å². The largest absolute Gasteiger partial charge is 0.469 e. The van der Waals surface area contributed by atoms with Crippen molar-refractivity contribution in [2.24, 2.45) is 10.7 Å². The first kappa shape index (κ1) is 19.7. The molecule has 0 spiro atoms. The van der Waals surface area contributed by atoms with Gasteiger partial charge in [0, 0.05) is 25.0 Å². The Morgan fingerprint density at radius 3 is 2.69 bits per heavy atom. The molecule has 3 rings (SSSR count). The van der Waals surface area contributed by atoms with Crippen LogP contribution in [0.4, 0.5) is 0 Å². The lowest BCUT2D eigenvalue weighted by Gasteiger charge is -2.15. The molecule has 0 bridgehead atoms. The van der Waals surface area contributed by atoms with Crippen LogP contribution < -0.4 is 5.73 Å². The Kier molecular flexibility index (Phi) is 6.28. The normalized spacial score (nSPS) is 12.1. The molecule has 1 unspecified atom stereocenters. The summed E-state index contributed by atoms with van der Waals surface area (Å²) in [7, 11) is 1.46. The highest BCUT2D eigenvalue weighted by Crippen LogP contribution is 2.26. The number of carbonyl (C=O) groups excluding carboxylic acids is 1. The van der Waals surface area contributed by atoms with Crippen LogP contribution in [-0.2, 0) is 11.2 Å². The van der Waals surface area contributed by atoms with Crippen LogP contribution in [0.1, 0.15) is 38.8 Å². The van der Waals surface area contributed by atoms with E-state index in [4.69, 9.17) is 15.7 Å². The van der Waals surface area contributed by atoms with E-state index >= 15 is 0 Å². The van der Waals surface area contributed by atoms with Gasteiger partial charge in [-0.05, 0) is 34.9 Å². The lowest BCUT2D eigenvalue weighted by molar-refractivity contribution is 0.0988. The number of hydrogen-bond donors (Lipinski definition) is 1. The van der Waals surface area contributed by atoms with Crippen LogP contribution in [0.3, 0.4) is 0 Å². The lowest BCUT2D eigenvalue weighted by atomic mass is 9.97. The minimum atomic E-state index is -0.410. The lowest BCUT2D eigenvalue weighted by Crippen LogP contribution is -2.16. The second-order valence-electron chi connectivity index (χ2n) is 6.25. The fourth-order valence-corrected chi connectivity index (χ4v) is 2.83. The fraction of sp³-hybridized carbons (Fsp3) is 0.136. The average Bonchev–Trinajstić information content (AvgIpc) is 2.78. The number of benzene rings is 1. The highest BCUT2D eigenvalue weighted by molar-refractivity contribution is 5.95. The number of nitrogens with two attached hydrogens (primary N) is 1. The van der Waals surface area contributed by atoms with Gasteiger partial charge in [0.1, 0.15) is 17.8 Å². The van der Waals surface area contributed by atoms with E-state index in [0.29, 0.717) is 11.3 Å². The van der Waals surface area contributed by atoms with Crippen LogP contribution in [0.2, 0.25) is 0 Å². The molecule has 7 nitrogen and oxygen atoms in total. The molecule has 0 saturated heterocycles. The van der Waals surface area contributed by atoms with Gasteiger partial charge in [-0.3, -0.25) is 14.8 Å². The molecule has 1 atom stereocenters. The number of nitrogens with zero attached hydrogens (tertiary/aromatic N) is 4. The minimum absolute atomic E-state index is 0.0575. The quantitative estimate of drug-likeness (QED) is 0.396. The number of pyridine rings is 2. The molecule has 0 saturated carbocycles. The van der Waals surface area contributed by atoms with Gasteiger partial charge in [-0.25, -0.2) is 4.99 Å². The molecule has 144 valence electrons. The number of hydrogen-bond acceptors (Lipinski definition) is 6. The molecule has 0 radical (unpaired) electrons. The Hall–Kier alpha value is -4.05. The number of aromatic nitrogens is 2. The highest BCUT2D eigenvalue weighted by atomic mass is 16.5. The van der Waals surface area contributed by atoms with E-state index in [-0.39, 0.29) is 18.2 Å². The molecule has 0 aliphatic heterocycles. The standard InChI is InChI=1S/C22H19N5O2/c1-29-22(24)27-21(18-6-3-9-25-14-18)17-5-2-4-15(10-17)11-20(28)19-8-7-16(12-23)13-26-19/h2-10,13-14,21H,11H2,1H3,(H2,24,27). The zero-order valence-corrected chi connectivity index (χ0v) is 15.8. The Labute approximate surface area is 168 Å². The molecule has 7 heteroatoms. The molecular weight excluding hydrogens is 366 g/mol. The zero-order chi connectivity index (χ0) is 20.6. The SMILES string of the molecule is COC(N)=NC(c1cccnc1)c1cccc(CC(=O)c2ccc(C#N)cn2)c1. The van der Waals surface area contributed by atoms with Gasteiger partial charge in [0.05, 0.1) is 12.7 Å². The molecule has 3 aromatic rings. The molecule has 29 heavy (non-hydrogen) atoms. The summed E-state index contributed by atoms with van der Waals surface area (Å²) in [6, 6.07) is 16.1. The van der Waals surface area contributed by atoms with Crippen molar-refractivity contribution in [1.29, 1.82) is 5.26 Å². The maximum Gasteiger partial charge on any atom is 0.282 e. The third-order valence-electron chi connectivity index (χ3n) is 4.28. The average molecular weight is 385 g/mol. The Balaban J connectivity index is 1.88. The van der Waals surface area contributed by atoms with E-state index in [1.165, 1.54) is 13.3 Å². The molecule has 0 aliphatic rings. The number of methoxy groups -OCH3 is 1. The second-order valence-corrected chi connectivity index (χ2v) is 6.25. The second kappa shape index (κ2) is 9.24. The summed E-state index contributed by atoms with van der Waals surface area (Å²) < 4.78 is 5.02. The van der Waals surface area contributed by atoms with Crippen molar-refractivity contribution in [2.75, 3.05) is 7.11 Å². The number of ketones is 1. The van der Waals surface area contributed by atoms with Gasteiger partial charge in [0.15, 0.2) is 5.78 Å². The minimum Gasteiger partial charge on any atom is -0.469 e. The van der Waals surface area contributed by atoms with Crippen LogP contribution in [0.5, 0.6) is 0 Å². The number of aliphatic imine (C=N–C) groups is 1. The van der Waals surface area contributed by atoms with Crippen molar-refractivity contribution in [3.05, 3.63) is 95.1 Å². The molecule has 0 fully saturated rings. The molecule has 2 N–H and O–H groups in total. The van der Waals surface area contributed by atoms with Crippen molar-refractivity contribution in [3.8, 4) is 6.07 Å². The van der Waals surface area contributed by atoms with Crippen LogP contribution in [-0.4, -0.2) is 28.9 Å². The van der Waals surface area contributed by atoms with Gasteiger partial charge in [-0.1, -0.05) is 30.3 Å². The zero-order valence-electron chi connectivity index (χ0n) is 15.8. The highest BCUT2D eigenvalue weighted by Gasteiger charge is 2.16. The first-order chi connectivity index (χ1) is 14.1. The summed E-state index contributed by atoms with van der Waals surface area (Å²) in [6.07, 6.45) is 4.97. The van der Waals surface area contributed by atoms with Crippen LogP contribution >= 0.6 is 0 Å². The number of carbonyl (C=O) groups is 1. The fourth-order valence-electron chi connectivity index (χ4n) is 2.83. The first-order valence-electron chi connectivity index (χ1n) is 8.86. The van der Waals surface area contributed by atoms with Gasteiger partial charge in [0.2, 0.25) is 0 Å². The summed E-state index contributed by atoms with van der Waals surface area (Å²) in [6.45, 7) is 0. The van der Waals surface area contributed by atoms with Gasteiger partial charge in [0.25, 0.3) is 6.02 Å². The molecule has 0 amide bonds. The number of nitriles is 1. The van der Waals surface area contributed by atoms with Gasteiger partial charge in [-0.2, -0.15) is 5.26 Å².